The zero-order chi connectivity index (χ0) is 23.8. The molecule has 35 heavy (non-hydrogen) atoms. The van der Waals surface area contributed by atoms with Gasteiger partial charge in [-0.25, -0.2) is 9.97 Å². The van der Waals surface area contributed by atoms with E-state index in [2.05, 4.69) is 32.0 Å². The fourth-order valence-corrected chi connectivity index (χ4v) is 5.59. The molecule has 0 N–H and O–H groups in total. The van der Waals surface area contributed by atoms with E-state index in [0.717, 1.165) is 29.1 Å². The van der Waals surface area contributed by atoms with Crippen molar-refractivity contribution in [3.05, 3.63) is 41.9 Å². The number of carbonyl (C=O) groups is 1. The van der Waals surface area contributed by atoms with Crippen LogP contribution in [-0.4, -0.2) is 65.0 Å². The SMILES string of the molecule is N#Cc1nc(-c2ccco2)oc1N1CCC(C(=O)N2CCN(c3ncnc4sccc34)CC2)CC1. The number of nitrogens with zero attached hydrogens (tertiary/aromatic N) is 7. The summed E-state index contributed by atoms with van der Waals surface area (Å²) in [4.78, 5) is 33.6. The molecule has 2 saturated heterocycles. The zero-order valence-corrected chi connectivity index (χ0v) is 19.8. The molecule has 2 aliphatic heterocycles. The molecule has 4 aromatic heterocycles. The van der Waals surface area contributed by atoms with Crippen LogP contribution in [0.15, 0.2) is 45.0 Å². The van der Waals surface area contributed by atoms with Crippen molar-refractivity contribution in [2.75, 3.05) is 49.1 Å². The van der Waals surface area contributed by atoms with Crippen LogP contribution in [0.2, 0.25) is 0 Å². The van der Waals surface area contributed by atoms with Crippen LogP contribution in [0.5, 0.6) is 0 Å². The van der Waals surface area contributed by atoms with Crippen molar-refractivity contribution in [2.45, 2.75) is 12.8 Å². The van der Waals surface area contributed by atoms with E-state index in [1.807, 2.05) is 15.2 Å². The van der Waals surface area contributed by atoms with Crippen LogP contribution in [0.1, 0.15) is 18.5 Å². The normalized spacial score (nSPS) is 17.2. The number of rotatable bonds is 4. The highest BCUT2D eigenvalue weighted by atomic mass is 32.1. The van der Waals surface area contributed by atoms with Gasteiger partial charge in [0.1, 0.15) is 23.0 Å². The first-order chi connectivity index (χ1) is 17.2. The molecule has 6 rings (SSSR count). The van der Waals surface area contributed by atoms with Gasteiger partial charge < -0.3 is 23.5 Å². The van der Waals surface area contributed by atoms with E-state index in [1.165, 1.54) is 0 Å². The second kappa shape index (κ2) is 9.03. The number of furan rings is 1. The van der Waals surface area contributed by atoms with E-state index < -0.39 is 0 Å². The van der Waals surface area contributed by atoms with Crippen molar-refractivity contribution in [2.24, 2.45) is 5.92 Å². The van der Waals surface area contributed by atoms with Gasteiger partial charge in [-0.3, -0.25) is 4.79 Å². The van der Waals surface area contributed by atoms with Gasteiger partial charge >= 0.3 is 0 Å². The minimum absolute atomic E-state index is 0.0292. The molecule has 6 heterocycles. The highest BCUT2D eigenvalue weighted by molar-refractivity contribution is 7.16. The van der Waals surface area contributed by atoms with Gasteiger partial charge in [0.25, 0.3) is 5.89 Å². The van der Waals surface area contributed by atoms with Crippen LogP contribution in [0.3, 0.4) is 0 Å². The smallest absolute Gasteiger partial charge is 0.266 e. The first kappa shape index (κ1) is 21.6. The Hall–Kier alpha value is -3.91. The molecule has 178 valence electrons. The van der Waals surface area contributed by atoms with Gasteiger partial charge in [0, 0.05) is 45.2 Å². The summed E-state index contributed by atoms with van der Waals surface area (Å²) < 4.78 is 11.2. The molecule has 0 bridgehead atoms. The maximum Gasteiger partial charge on any atom is 0.266 e. The Bertz CT molecular complexity index is 1370. The molecular weight excluding hydrogens is 466 g/mol. The standard InChI is InChI=1S/C24H23N7O3S/c25-14-18-24(34-21(28-18)19-2-1-12-33-19)31-6-3-16(4-7-31)23(32)30-10-8-29(9-11-30)20-17-5-13-35-22(17)27-15-26-20/h1-2,5,12-13,15-16H,3-4,6-11H2. The molecule has 0 unspecified atom stereocenters. The van der Waals surface area contributed by atoms with E-state index >= 15 is 0 Å². The molecule has 2 fully saturated rings. The number of oxazole rings is 1. The van der Waals surface area contributed by atoms with Gasteiger partial charge in [-0.15, -0.1) is 11.3 Å². The number of hydrogen-bond acceptors (Lipinski definition) is 10. The topological polar surface area (TPSA) is 116 Å². The van der Waals surface area contributed by atoms with Crippen LogP contribution >= 0.6 is 11.3 Å². The predicted molar refractivity (Wildman–Crippen MR) is 130 cm³/mol. The van der Waals surface area contributed by atoms with Crippen molar-refractivity contribution in [1.29, 1.82) is 5.26 Å². The second-order valence-corrected chi connectivity index (χ2v) is 9.57. The summed E-state index contributed by atoms with van der Waals surface area (Å²) in [5.41, 5.74) is 0.238. The summed E-state index contributed by atoms with van der Waals surface area (Å²) in [5.74, 6) is 2.36. The lowest BCUT2D eigenvalue weighted by atomic mass is 9.95. The highest BCUT2D eigenvalue weighted by Gasteiger charge is 2.33. The minimum Gasteiger partial charge on any atom is -0.459 e. The summed E-state index contributed by atoms with van der Waals surface area (Å²) in [7, 11) is 0. The molecule has 4 aromatic rings. The van der Waals surface area contributed by atoms with E-state index in [0.29, 0.717) is 56.6 Å². The molecule has 0 aromatic carbocycles. The molecular formula is C24H23N7O3S. The van der Waals surface area contributed by atoms with E-state index in [4.69, 9.17) is 8.83 Å². The minimum atomic E-state index is -0.0292. The Labute approximate surface area is 205 Å². The summed E-state index contributed by atoms with van der Waals surface area (Å²) in [6.45, 7) is 4.14. The van der Waals surface area contributed by atoms with Crippen molar-refractivity contribution < 1.29 is 13.6 Å². The van der Waals surface area contributed by atoms with Crippen LogP contribution in [0.25, 0.3) is 21.9 Å². The quantitative estimate of drug-likeness (QED) is 0.425. The predicted octanol–water partition coefficient (Wildman–Crippen LogP) is 3.38. The van der Waals surface area contributed by atoms with E-state index in [9.17, 15) is 10.1 Å². The molecule has 11 heteroatoms. The van der Waals surface area contributed by atoms with Crippen molar-refractivity contribution in [3.63, 3.8) is 0 Å². The monoisotopic (exact) mass is 489 g/mol. The maximum absolute atomic E-state index is 13.3. The van der Waals surface area contributed by atoms with Crippen molar-refractivity contribution in [3.8, 4) is 17.7 Å². The number of hydrogen-bond donors (Lipinski definition) is 0. The number of carbonyl (C=O) groups excluding carboxylic acids is 1. The molecule has 10 nitrogen and oxygen atoms in total. The third-order valence-corrected chi connectivity index (χ3v) is 7.53. The summed E-state index contributed by atoms with van der Waals surface area (Å²) in [6, 6.07) is 7.67. The molecule has 0 aliphatic carbocycles. The number of piperidine rings is 1. The number of anilines is 2. The summed E-state index contributed by atoms with van der Waals surface area (Å²) >= 11 is 1.61. The first-order valence-corrected chi connectivity index (χ1v) is 12.5. The number of piperazine rings is 1. The molecule has 2 aliphatic rings. The molecule has 0 spiro atoms. The third kappa shape index (κ3) is 4.00. The number of thiophene rings is 1. The molecule has 1 amide bonds. The molecule has 0 saturated carbocycles. The van der Waals surface area contributed by atoms with E-state index in [1.54, 1.807) is 36.1 Å². The van der Waals surface area contributed by atoms with Crippen LogP contribution in [-0.2, 0) is 4.79 Å². The molecule has 0 atom stereocenters. The maximum atomic E-state index is 13.3. The average molecular weight is 490 g/mol. The summed E-state index contributed by atoms with van der Waals surface area (Å²) in [5, 5.41) is 12.6. The Kier molecular flexibility index (Phi) is 5.58. The van der Waals surface area contributed by atoms with Crippen molar-refractivity contribution >= 4 is 39.2 Å². The van der Waals surface area contributed by atoms with Gasteiger partial charge in [0.2, 0.25) is 17.5 Å². The highest BCUT2D eigenvalue weighted by Crippen LogP contribution is 2.32. The summed E-state index contributed by atoms with van der Waals surface area (Å²) in [6.07, 6.45) is 4.58. The second-order valence-electron chi connectivity index (χ2n) is 8.67. The lowest BCUT2D eigenvalue weighted by Crippen LogP contribution is -2.52. The fraction of sp³-hybridized carbons (Fsp3) is 0.375. The zero-order valence-electron chi connectivity index (χ0n) is 19.0. The Morgan fingerprint density at radius 2 is 1.91 bits per heavy atom. The number of aromatic nitrogens is 3. The first-order valence-electron chi connectivity index (χ1n) is 11.6. The van der Waals surface area contributed by atoms with Crippen LogP contribution in [0, 0.1) is 17.2 Å². The van der Waals surface area contributed by atoms with Crippen LogP contribution < -0.4 is 9.80 Å². The van der Waals surface area contributed by atoms with E-state index in [-0.39, 0.29) is 17.5 Å². The van der Waals surface area contributed by atoms with Gasteiger partial charge in [-0.2, -0.15) is 10.2 Å². The third-order valence-electron chi connectivity index (χ3n) is 6.71. The fourth-order valence-electron chi connectivity index (χ4n) is 4.86. The average Bonchev–Trinajstić information content (AvgIpc) is 3.68. The van der Waals surface area contributed by atoms with Gasteiger partial charge in [0.15, 0.2) is 5.76 Å². The lowest BCUT2D eigenvalue weighted by Gasteiger charge is -2.39. The number of fused-ring (bicyclic) bond motifs is 1. The van der Waals surface area contributed by atoms with Crippen molar-refractivity contribution in [1.82, 2.24) is 19.9 Å². The Morgan fingerprint density at radius 3 is 2.66 bits per heavy atom. The number of amides is 1. The Morgan fingerprint density at radius 1 is 1.09 bits per heavy atom. The lowest BCUT2D eigenvalue weighted by molar-refractivity contribution is -0.136. The number of nitriles is 1. The largest absolute Gasteiger partial charge is 0.459 e. The van der Waals surface area contributed by atoms with Gasteiger partial charge in [-0.1, -0.05) is 0 Å². The van der Waals surface area contributed by atoms with Gasteiger partial charge in [-0.05, 0) is 36.4 Å². The van der Waals surface area contributed by atoms with Crippen LogP contribution in [0.4, 0.5) is 11.7 Å². The Balaban J connectivity index is 1.07. The molecule has 0 radical (unpaired) electrons. The van der Waals surface area contributed by atoms with Gasteiger partial charge in [0.05, 0.1) is 11.6 Å².